The fraction of sp³-hybridized carbons (Fsp3) is 0.889. The Morgan fingerprint density at radius 1 is 1.42 bits per heavy atom. The topological polar surface area (TPSA) is 84.9 Å². The van der Waals surface area contributed by atoms with Gasteiger partial charge in [0.25, 0.3) is 0 Å². The van der Waals surface area contributed by atoms with Gasteiger partial charge >= 0.3 is 12.1 Å². The van der Waals surface area contributed by atoms with Crippen molar-refractivity contribution in [3.05, 3.63) is 0 Å². The molecule has 1 aliphatic heterocycles. The Hall–Kier alpha value is -1.30. The van der Waals surface area contributed by atoms with Gasteiger partial charge in [-0.05, 0) is 44.9 Å². The van der Waals surface area contributed by atoms with Crippen molar-refractivity contribution in [3.63, 3.8) is 0 Å². The van der Waals surface area contributed by atoms with Gasteiger partial charge in [-0.25, -0.2) is 9.59 Å². The van der Waals surface area contributed by atoms with E-state index in [2.05, 4.69) is 26.1 Å². The fourth-order valence-electron chi connectivity index (χ4n) is 3.21. The van der Waals surface area contributed by atoms with E-state index in [1.54, 1.807) is 0 Å². The van der Waals surface area contributed by atoms with Crippen molar-refractivity contribution in [2.45, 2.75) is 84.5 Å². The highest BCUT2D eigenvalue weighted by atomic mass is 16.5. The van der Waals surface area contributed by atoms with Gasteiger partial charge in [0, 0.05) is 12.5 Å². The lowest BCUT2D eigenvalue weighted by Gasteiger charge is -2.31. The van der Waals surface area contributed by atoms with Crippen LogP contribution in [0.25, 0.3) is 0 Å². The molecule has 1 rings (SSSR count). The summed E-state index contributed by atoms with van der Waals surface area (Å²) in [5, 5.41) is 11.2. The quantitative estimate of drug-likeness (QED) is 0.690. The molecule has 0 saturated carbocycles. The number of amides is 1. The molecule has 0 aromatic rings. The Labute approximate surface area is 145 Å². The zero-order chi connectivity index (χ0) is 18.1. The van der Waals surface area contributed by atoms with E-state index in [1.165, 1.54) is 0 Å². The van der Waals surface area contributed by atoms with Gasteiger partial charge in [-0.3, -0.25) is 0 Å². The third-order valence-electron chi connectivity index (χ3n) is 4.56. The lowest BCUT2D eigenvalue weighted by Crippen LogP contribution is -2.43. The van der Waals surface area contributed by atoms with Crippen molar-refractivity contribution in [3.8, 4) is 0 Å². The minimum atomic E-state index is -1.20. The van der Waals surface area contributed by atoms with Crippen LogP contribution in [0, 0.1) is 11.8 Å². The maximum Gasteiger partial charge on any atom is 0.405 e. The molecule has 0 radical (unpaired) electrons. The van der Waals surface area contributed by atoms with Gasteiger partial charge in [0.1, 0.15) is 12.1 Å². The summed E-state index contributed by atoms with van der Waals surface area (Å²) in [6.45, 7) is 9.03. The van der Waals surface area contributed by atoms with E-state index >= 15 is 0 Å². The zero-order valence-corrected chi connectivity index (χ0v) is 15.4. The van der Waals surface area contributed by atoms with Crippen LogP contribution in [0.15, 0.2) is 0 Å². The van der Waals surface area contributed by atoms with E-state index in [-0.39, 0.29) is 18.1 Å². The molecular formula is C18H33NO5. The first kappa shape index (κ1) is 20.7. The maximum absolute atomic E-state index is 12.3. The summed E-state index contributed by atoms with van der Waals surface area (Å²) in [5.74, 6) is 0.246. The molecule has 1 fully saturated rings. The van der Waals surface area contributed by atoms with E-state index < -0.39 is 18.1 Å². The normalized spacial score (nSPS) is 28.6. The summed E-state index contributed by atoms with van der Waals surface area (Å²) in [4.78, 5) is 23.2. The van der Waals surface area contributed by atoms with Crippen molar-refractivity contribution in [2.75, 3.05) is 6.61 Å². The molecule has 2 N–H and O–H groups in total. The lowest BCUT2D eigenvalue weighted by atomic mass is 9.86. The van der Waals surface area contributed by atoms with Gasteiger partial charge in [-0.15, -0.1) is 0 Å². The summed E-state index contributed by atoms with van der Waals surface area (Å²) >= 11 is 0. The van der Waals surface area contributed by atoms with Crippen LogP contribution in [-0.2, 0) is 14.3 Å². The molecule has 6 heteroatoms. The standard InChI is InChI=1S/C18H33NO5/c1-5-11-23-16-8-6-7-15(19-18(21)22)17(20)24-13(4)14(16)10-9-12(2)3/h12-16,19H,5-11H2,1-4H3,(H,21,22)/t13-,14-,15-,16-/m0/s1. The van der Waals surface area contributed by atoms with Crippen molar-refractivity contribution in [2.24, 2.45) is 11.8 Å². The predicted molar refractivity (Wildman–Crippen MR) is 91.9 cm³/mol. The molecule has 0 aromatic carbocycles. The first-order chi connectivity index (χ1) is 11.3. The third-order valence-corrected chi connectivity index (χ3v) is 4.56. The van der Waals surface area contributed by atoms with Gasteiger partial charge in [0.2, 0.25) is 0 Å². The average molecular weight is 343 g/mol. The molecule has 24 heavy (non-hydrogen) atoms. The van der Waals surface area contributed by atoms with E-state index in [9.17, 15) is 9.59 Å². The number of hydrogen-bond acceptors (Lipinski definition) is 4. The second kappa shape index (κ2) is 10.5. The predicted octanol–water partition coefficient (Wildman–Crippen LogP) is 3.59. The van der Waals surface area contributed by atoms with E-state index in [1.807, 2.05) is 6.92 Å². The summed E-state index contributed by atoms with van der Waals surface area (Å²) in [6.07, 6.45) is 3.52. The van der Waals surface area contributed by atoms with Gasteiger partial charge in [0.05, 0.1) is 6.10 Å². The van der Waals surface area contributed by atoms with Crippen LogP contribution in [0.2, 0.25) is 0 Å². The molecule has 1 heterocycles. The summed E-state index contributed by atoms with van der Waals surface area (Å²) in [7, 11) is 0. The first-order valence-corrected chi connectivity index (χ1v) is 9.16. The molecule has 0 bridgehead atoms. The minimum Gasteiger partial charge on any atom is -0.465 e. The molecule has 0 unspecified atom stereocenters. The Bertz CT molecular complexity index is 399. The molecule has 6 nitrogen and oxygen atoms in total. The Kier molecular flexibility index (Phi) is 9.11. The Morgan fingerprint density at radius 2 is 2.12 bits per heavy atom. The van der Waals surface area contributed by atoms with Crippen LogP contribution in [0.1, 0.15) is 66.2 Å². The summed E-state index contributed by atoms with van der Waals surface area (Å²) in [5.41, 5.74) is 0. The Balaban J connectivity index is 2.86. The monoisotopic (exact) mass is 343 g/mol. The van der Waals surface area contributed by atoms with Gasteiger partial charge in [-0.1, -0.05) is 27.2 Å². The van der Waals surface area contributed by atoms with Gasteiger partial charge in [0.15, 0.2) is 0 Å². The van der Waals surface area contributed by atoms with Crippen molar-refractivity contribution < 1.29 is 24.2 Å². The van der Waals surface area contributed by atoms with E-state index in [0.717, 1.165) is 32.1 Å². The maximum atomic E-state index is 12.3. The van der Waals surface area contributed by atoms with Crippen molar-refractivity contribution in [1.29, 1.82) is 0 Å². The highest BCUT2D eigenvalue weighted by molar-refractivity contribution is 5.80. The van der Waals surface area contributed by atoms with Gasteiger partial charge in [-0.2, -0.15) is 0 Å². The van der Waals surface area contributed by atoms with Crippen LogP contribution >= 0.6 is 0 Å². The Morgan fingerprint density at radius 3 is 2.71 bits per heavy atom. The third kappa shape index (κ3) is 7.07. The van der Waals surface area contributed by atoms with Crippen LogP contribution in [-0.4, -0.2) is 42.0 Å². The SMILES string of the molecule is CCCO[C@H]1CCC[C@H](NC(=O)O)C(=O)O[C@@H](C)[C@@H]1CCC(C)C. The van der Waals surface area contributed by atoms with Crippen LogP contribution < -0.4 is 5.32 Å². The highest BCUT2D eigenvalue weighted by Gasteiger charge is 2.34. The largest absolute Gasteiger partial charge is 0.465 e. The van der Waals surface area contributed by atoms with Crippen LogP contribution in [0.5, 0.6) is 0 Å². The summed E-state index contributed by atoms with van der Waals surface area (Å²) < 4.78 is 11.7. The zero-order valence-electron chi connectivity index (χ0n) is 15.4. The second-order valence-corrected chi connectivity index (χ2v) is 7.12. The minimum absolute atomic E-state index is 0.0510. The summed E-state index contributed by atoms with van der Waals surface area (Å²) in [6, 6.07) is -0.791. The number of hydrogen-bond donors (Lipinski definition) is 2. The molecule has 1 saturated heterocycles. The number of ether oxygens (including phenoxy) is 2. The lowest BCUT2D eigenvalue weighted by molar-refractivity contribution is -0.156. The molecular weight excluding hydrogens is 310 g/mol. The average Bonchev–Trinajstić information content (AvgIpc) is 2.53. The second-order valence-electron chi connectivity index (χ2n) is 7.12. The molecule has 140 valence electrons. The molecule has 0 aliphatic carbocycles. The number of rotatable bonds is 7. The molecule has 4 atom stereocenters. The van der Waals surface area contributed by atoms with E-state index in [4.69, 9.17) is 14.6 Å². The first-order valence-electron chi connectivity index (χ1n) is 9.16. The van der Waals surface area contributed by atoms with E-state index in [0.29, 0.717) is 18.9 Å². The molecule has 1 aliphatic rings. The molecule has 1 amide bonds. The number of cyclic esters (lactones) is 1. The number of esters is 1. The van der Waals surface area contributed by atoms with Crippen molar-refractivity contribution in [1.82, 2.24) is 5.32 Å². The molecule has 0 aromatic heterocycles. The highest BCUT2D eigenvalue weighted by Crippen LogP contribution is 2.29. The van der Waals surface area contributed by atoms with Crippen LogP contribution in [0.4, 0.5) is 4.79 Å². The fourth-order valence-corrected chi connectivity index (χ4v) is 3.21. The number of carboxylic acid groups (broad SMARTS) is 1. The number of nitrogens with one attached hydrogen (secondary N) is 1. The number of carbonyl (C=O) groups is 2. The number of carbonyl (C=O) groups excluding carboxylic acids is 1. The van der Waals surface area contributed by atoms with Crippen LogP contribution in [0.3, 0.4) is 0 Å². The smallest absolute Gasteiger partial charge is 0.405 e. The van der Waals surface area contributed by atoms with Gasteiger partial charge < -0.3 is 19.9 Å². The molecule has 0 spiro atoms. The van der Waals surface area contributed by atoms with Crippen molar-refractivity contribution >= 4 is 12.1 Å².